The molecular formula is C61H69ClN16O20S2. The molecule has 6 atom stereocenters. The Labute approximate surface area is 578 Å². The number of carboxylic acids is 4. The van der Waals surface area contributed by atoms with Crippen LogP contribution in [0.25, 0.3) is 22.1 Å². The van der Waals surface area contributed by atoms with E-state index in [9.17, 15) is 87.5 Å². The summed E-state index contributed by atoms with van der Waals surface area (Å²) in [7, 11) is 3.40. The number of H-pyrrole nitrogens is 1. The van der Waals surface area contributed by atoms with Gasteiger partial charge in [-0.15, -0.1) is 0 Å². The molecule has 532 valence electrons. The fraction of sp³-hybridized carbons (Fsp3) is 0.344. The van der Waals surface area contributed by atoms with Gasteiger partial charge in [-0.3, -0.25) is 67.7 Å². The molecule has 6 amide bonds. The maximum absolute atomic E-state index is 14.0. The third kappa shape index (κ3) is 23.1. The number of nitrogen functional groups attached to an aromatic ring is 1. The van der Waals surface area contributed by atoms with Crippen LogP contribution in [0.3, 0.4) is 0 Å². The van der Waals surface area contributed by atoms with Gasteiger partial charge in [0.2, 0.25) is 35.5 Å². The number of nitrogens with two attached hydrogens (primary N) is 2. The number of rotatable bonds is 39. The summed E-state index contributed by atoms with van der Waals surface area (Å²) in [6.07, 6.45) is -3.48. The lowest BCUT2D eigenvalue weighted by Crippen LogP contribution is -2.59. The van der Waals surface area contributed by atoms with Gasteiger partial charge in [0.1, 0.15) is 54.9 Å². The number of fused-ring (bicyclic) bond motifs is 2. The van der Waals surface area contributed by atoms with Crippen molar-refractivity contribution in [2.75, 3.05) is 42.8 Å². The highest BCUT2D eigenvalue weighted by atomic mass is 35.5. The van der Waals surface area contributed by atoms with E-state index in [0.717, 1.165) is 21.6 Å². The molecule has 39 heteroatoms. The van der Waals surface area contributed by atoms with Gasteiger partial charge in [0.15, 0.2) is 17.1 Å². The molecule has 0 fully saturated rings. The Morgan fingerprint density at radius 1 is 0.750 bits per heavy atom. The molecule has 0 aliphatic heterocycles. The van der Waals surface area contributed by atoms with E-state index in [-0.39, 0.29) is 85.3 Å². The Bertz CT molecular complexity index is 4140. The molecule has 6 rings (SSSR count). The van der Waals surface area contributed by atoms with E-state index in [0.29, 0.717) is 49.9 Å². The zero-order valence-corrected chi connectivity index (χ0v) is 55.5. The minimum Gasteiger partial charge on any atom is -0.497 e. The number of hydrogen-bond acceptors (Lipinski definition) is 24. The zero-order valence-electron chi connectivity index (χ0n) is 53.1. The molecular weight excluding hydrogens is 1380 g/mol. The molecule has 36 nitrogen and oxygen atoms in total. The Morgan fingerprint density at radius 3 is 1.97 bits per heavy atom. The molecule has 18 N–H and O–H groups in total. The van der Waals surface area contributed by atoms with Gasteiger partial charge < -0.3 is 88.7 Å². The van der Waals surface area contributed by atoms with E-state index in [1.807, 2.05) is 5.32 Å². The average molecular weight is 1450 g/mol. The number of ether oxygens (including phenoxy) is 2. The Kier molecular flexibility index (Phi) is 29.0. The van der Waals surface area contributed by atoms with Crippen LogP contribution in [0.4, 0.5) is 11.6 Å². The second kappa shape index (κ2) is 37.4. The Balaban J connectivity index is 1.02. The van der Waals surface area contributed by atoms with Crippen molar-refractivity contribution in [1.29, 1.82) is 5.41 Å². The van der Waals surface area contributed by atoms with Crippen molar-refractivity contribution in [3.05, 3.63) is 116 Å². The summed E-state index contributed by atoms with van der Waals surface area (Å²) in [5.41, 5.74) is 13.0. The predicted molar refractivity (Wildman–Crippen MR) is 360 cm³/mol. The fourth-order valence-corrected chi connectivity index (χ4v) is 11.7. The second-order valence-corrected chi connectivity index (χ2v) is 24.8. The number of esters is 1. The van der Waals surface area contributed by atoms with Gasteiger partial charge in [0.25, 0.3) is 17.4 Å². The summed E-state index contributed by atoms with van der Waals surface area (Å²) in [4.78, 5) is 196. The number of amides is 6. The number of aliphatic carboxylic acids is 4. The quantitative estimate of drug-likeness (QED) is 0.00601. The summed E-state index contributed by atoms with van der Waals surface area (Å²) < 4.78 is 12.3. The minimum absolute atomic E-state index is 0.00711. The molecule has 3 aromatic carbocycles. The summed E-state index contributed by atoms with van der Waals surface area (Å²) in [5.74, 6) is -15.2. The van der Waals surface area contributed by atoms with Crippen LogP contribution in [0.1, 0.15) is 82.6 Å². The lowest BCUT2D eigenvalue weighted by Gasteiger charge is -2.26. The van der Waals surface area contributed by atoms with Crippen molar-refractivity contribution in [2.24, 2.45) is 5.73 Å². The van der Waals surface area contributed by atoms with Crippen LogP contribution < -0.4 is 64.3 Å². The number of aldehydes is 1. The smallest absolute Gasteiger partial charge is 0.327 e. The van der Waals surface area contributed by atoms with E-state index in [2.05, 4.69) is 57.2 Å². The second-order valence-electron chi connectivity index (χ2n) is 21.7. The van der Waals surface area contributed by atoms with E-state index >= 15 is 0 Å². The molecule has 6 aromatic rings. The van der Waals surface area contributed by atoms with E-state index in [1.54, 1.807) is 49.4 Å². The number of carboxylic acid groups (broad SMARTS) is 4. The van der Waals surface area contributed by atoms with Crippen molar-refractivity contribution < 1.29 is 92.2 Å². The maximum atomic E-state index is 14.0. The van der Waals surface area contributed by atoms with Crippen LogP contribution in [0.5, 0.6) is 5.75 Å². The number of carbonyl (C=O) groups excluding carboxylic acids is 9. The van der Waals surface area contributed by atoms with E-state index in [4.69, 9.17) is 38.0 Å². The number of benzene rings is 3. The van der Waals surface area contributed by atoms with Gasteiger partial charge in [-0.25, -0.2) is 19.6 Å². The molecule has 3 aromatic heterocycles. The first kappa shape index (κ1) is 77.6. The van der Waals surface area contributed by atoms with Gasteiger partial charge in [-0.1, -0.05) is 33.2 Å². The van der Waals surface area contributed by atoms with E-state index in [1.165, 1.54) is 42.1 Å². The van der Waals surface area contributed by atoms with Gasteiger partial charge >= 0.3 is 29.8 Å². The molecule has 6 unspecified atom stereocenters. The van der Waals surface area contributed by atoms with Crippen molar-refractivity contribution in [1.82, 2.24) is 61.7 Å². The molecule has 0 aliphatic carbocycles. The first-order valence-electron chi connectivity index (χ1n) is 30.0. The summed E-state index contributed by atoms with van der Waals surface area (Å²) in [5, 5.41) is 66.6. The Morgan fingerprint density at radius 2 is 1.36 bits per heavy atom. The zero-order chi connectivity index (χ0) is 73.3. The minimum atomic E-state index is -2.14. The number of aromatic nitrogens is 5. The molecule has 0 radical (unpaired) electrons. The predicted octanol–water partition coefficient (Wildman–Crippen LogP) is -0.0382. The SMILES string of the molecule is COc1ccc2c(c1)c(CC(=O)OCCSSCC(NC(=O)C(CC(=O)O)NC(=O)C(CC(=O)O)NC(=O)C(CCCNC(=N)N)NC(=O)C(CC=O)NC(=O)CCC(NC(=O)c1ccc(NCc3cnc4nc(N)[nH]c(=O)c4n3)cc1)C(=O)O)C(=O)O)c(C)n2C(=O)c1ccc(Cl)cc1. The Hall–Kier alpha value is -11.4. The number of nitrogens with one attached hydrogen (secondary N) is 10. The molecule has 3 heterocycles. The molecule has 100 heavy (non-hydrogen) atoms. The van der Waals surface area contributed by atoms with Crippen LogP contribution in [-0.4, -0.2) is 196 Å². The van der Waals surface area contributed by atoms with Gasteiger partial charge in [0, 0.05) is 63.8 Å². The van der Waals surface area contributed by atoms with Gasteiger partial charge in [-0.05, 0) is 98.5 Å². The molecule has 0 saturated carbocycles. The number of halogens is 1. The normalized spacial score (nSPS) is 12.8. The van der Waals surface area contributed by atoms with Crippen molar-refractivity contribution in [3.8, 4) is 5.75 Å². The van der Waals surface area contributed by atoms with Crippen molar-refractivity contribution in [2.45, 2.75) is 101 Å². The molecule has 0 saturated heterocycles. The van der Waals surface area contributed by atoms with Crippen LogP contribution >= 0.6 is 33.2 Å². The topological polar surface area (TPSA) is 570 Å². The fourth-order valence-electron chi connectivity index (χ4n) is 9.54. The number of carbonyl (C=O) groups is 13. The standard InChI is InChI=1S/C61H69ClN16O20S2/c1-29-36(37-22-35(97-2)13-15-44(37)78(29)57(92)31-5-9-32(62)10-6-31)23-48(85)98-20-21-99-100-28-43(59(95)96)75-55(90)42(25-47(83)84)74-54(89)41(24-46(81)82)73-52(87)38(4-3-18-66-60(63)64)71-53(88)39(17-19-79)70-45(80)16-14-40(58(93)94)72-51(86)30-7-11-33(12-8-30)67-26-34-27-68-50-49(69-34)56(91)77-61(65)76-50/h5-13,15,19,22,27,38-43,67H,3-4,14,16-18,20-21,23-26,28H2,1-2H3,(H,70,80)(H,71,88)(H,72,86)(H,73,87)(H,74,89)(H,75,90)(H,81,82)(H,83,84)(H,93,94)(H,95,96)(H4,63,64,66)(H3,65,68,76,77,91). The van der Waals surface area contributed by atoms with Gasteiger partial charge in [0.05, 0.1) is 50.3 Å². The maximum Gasteiger partial charge on any atom is 0.327 e. The third-order valence-corrected chi connectivity index (χ3v) is 17.1. The number of aromatic amines is 1. The van der Waals surface area contributed by atoms with Crippen molar-refractivity contribution >= 4 is 150 Å². The number of methoxy groups -OCH3 is 1. The first-order valence-corrected chi connectivity index (χ1v) is 32.9. The number of anilines is 2. The average Bonchev–Trinajstić information content (AvgIpc) is 1.60. The lowest BCUT2D eigenvalue weighted by atomic mass is 10.1. The van der Waals surface area contributed by atoms with Crippen LogP contribution in [0.15, 0.2) is 77.7 Å². The van der Waals surface area contributed by atoms with Crippen molar-refractivity contribution in [3.63, 3.8) is 0 Å². The summed E-state index contributed by atoms with van der Waals surface area (Å²) >= 11 is 6.04. The molecule has 0 bridgehead atoms. The number of nitrogens with zero attached hydrogens (tertiary/aromatic N) is 4. The number of hydrogen-bond donors (Lipinski definition) is 16. The van der Waals surface area contributed by atoms with Crippen LogP contribution in [0.2, 0.25) is 5.02 Å². The highest BCUT2D eigenvalue weighted by Gasteiger charge is 2.35. The first-order chi connectivity index (χ1) is 47.5. The monoisotopic (exact) mass is 1440 g/mol. The highest BCUT2D eigenvalue weighted by Crippen LogP contribution is 2.31. The molecule has 0 spiro atoms. The number of guanidine groups is 1. The highest BCUT2D eigenvalue weighted by molar-refractivity contribution is 8.76. The van der Waals surface area contributed by atoms with Crippen LogP contribution in [-0.2, 0) is 70.4 Å². The molecule has 0 aliphatic rings. The van der Waals surface area contributed by atoms with E-state index < -0.39 is 145 Å². The summed E-state index contributed by atoms with van der Waals surface area (Å²) in [6, 6.07) is 5.86. The third-order valence-electron chi connectivity index (χ3n) is 14.5. The van der Waals surface area contributed by atoms with Gasteiger partial charge in [-0.2, -0.15) is 4.98 Å². The summed E-state index contributed by atoms with van der Waals surface area (Å²) in [6.45, 7) is 1.49. The van der Waals surface area contributed by atoms with Crippen LogP contribution in [0, 0.1) is 12.3 Å². The lowest BCUT2D eigenvalue weighted by molar-refractivity contribution is -0.144. The largest absolute Gasteiger partial charge is 0.497 e.